The molecule has 1 N–H and O–H groups in total. The van der Waals surface area contributed by atoms with E-state index in [1.807, 2.05) is 19.1 Å². The summed E-state index contributed by atoms with van der Waals surface area (Å²) in [6.45, 7) is 2.85. The number of hydrogen-bond acceptors (Lipinski definition) is 3. The maximum Gasteiger partial charge on any atom is 0.223 e. The Morgan fingerprint density at radius 3 is 2.45 bits per heavy atom. The Bertz CT molecular complexity index is 587. The van der Waals surface area contributed by atoms with Crippen LogP contribution in [0, 0.1) is 5.82 Å². The quantitative estimate of drug-likeness (QED) is 0.800. The van der Waals surface area contributed by atoms with Crippen molar-refractivity contribution in [3.8, 4) is 0 Å². The molecular weight excluding hydrogens is 283 g/mol. The van der Waals surface area contributed by atoms with E-state index in [1.165, 1.54) is 12.1 Å². The number of nitrogens with zero attached hydrogens (tertiary/aromatic N) is 1. The van der Waals surface area contributed by atoms with Crippen molar-refractivity contribution in [1.82, 2.24) is 10.3 Å². The molecule has 4 nitrogen and oxygen atoms in total. The van der Waals surface area contributed by atoms with Crippen molar-refractivity contribution in [1.29, 1.82) is 0 Å². The van der Waals surface area contributed by atoms with Crippen molar-refractivity contribution in [2.75, 3.05) is 13.2 Å². The van der Waals surface area contributed by atoms with Crippen LogP contribution in [-0.4, -0.2) is 24.1 Å². The van der Waals surface area contributed by atoms with Crippen LogP contribution in [0.3, 0.4) is 0 Å². The van der Waals surface area contributed by atoms with E-state index in [4.69, 9.17) is 4.74 Å². The molecular formula is C17H19FN2O2. The highest BCUT2D eigenvalue weighted by molar-refractivity contribution is 5.77. The summed E-state index contributed by atoms with van der Waals surface area (Å²) in [5.74, 6) is -0.417. The normalized spacial score (nSPS) is 11.9. The van der Waals surface area contributed by atoms with E-state index in [2.05, 4.69) is 10.3 Å². The fraction of sp³-hybridized carbons (Fsp3) is 0.294. The Kier molecular flexibility index (Phi) is 6.03. The van der Waals surface area contributed by atoms with Crippen molar-refractivity contribution in [2.45, 2.75) is 19.4 Å². The van der Waals surface area contributed by atoms with Crippen molar-refractivity contribution >= 4 is 5.91 Å². The molecule has 1 amide bonds. The molecule has 1 heterocycles. The van der Waals surface area contributed by atoms with Crippen molar-refractivity contribution < 1.29 is 13.9 Å². The summed E-state index contributed by atoms with van der Waals surface area (Å²) in [6, 6.07) is 9.43. The second-order valence-corrected chi connectivity index (χ2v) is 4.78. The number of hydrogen-bond donors (Lipinski definition) is 1. The molecule has 0 saturated heterocycles. The lowest BCUT2D eigenvalue weighted by atomic mass is 9.99. The minimum atomic E-state index is -0.335. The number of rotatable bonds is 7. The fourth-order valence-electron chi connectivity index (χ4n) is 2.11. The van der Waals surface area contributed by atoms with E-state index in [1.54, 1.807) is 24.5 Å². The zero-order valence-corrected chi connectivity index (χ0v) is 12.5. The molecule has 5 heteroatoms. The number of carbonyl (C=O) groups excluding carboxylic acids is 1. The molecule has 0 unspecified atom stereocenters. The van der Waals surface area contributed by atoms with Crippen LogP contribution in [0.4, 0.5) is 4.39 Å². The molecule has 1 aromatic carbocycles. The van der Waals surface area contributed by atoms with Crippen molar-refractivity contribution in [2.24, 2.45) is 0 Å². The standard InChI is InChI=1S/C17H19FN2O2/c1-2-22-12-9-16(21)20-17(14-7-10-19-11-8-14)13-3-5-15(18)6-4-13/h3-8,10-11,17H,2,9,12H2,1H3,(H,20,21)/t17-/m1/s1. The van der Waals surface area contributed by atoms with Gasteiger partial charge in [-0.15, -0.1) is 0 Å². The Hall–Kier alpha value is -2.27. The molecule has 0 aliphatic rings. The highest BCUT2D eigenvalue weighted by Gasteiger charge is 2.16. The van der Waals surface area contributed by atoms with Crippen LogP contribution in [0.2, 0.25) is 0 Å². The molecule has 0 spiro atoms. The summed E-state index contributed by atoms with van der Waals surface area (Å²) in [5, 5.41) is 2.96. The number of amides is 1. The molecule has 1 aromatic heterocycles. The predicted molar refractivity (Wildman–Crippen MR) is 81.7 cm³/mol. The highest BCUT2D eigenvalue weighted by Crippen LogP contribution is 2.22. The summed E-state index contributed by atoms with van der Waals surface area (Å²) in [7, 11) is 0. The summed E-state index contributed by atoms with van der Waals surface area (Å²) in [5.41, 5.74) is 1.71. The third-order valence-electron chi connectivity index (χ3n) is 3.23. The summed E-state index contributed by atoms with van der Waals surface area (Å²) < 4.78 is 18.3. The topological polar surface area (TPSA) is 51.2 Å². The molecule has 0 fully saturated rings. The van der Waals surface area contributed by atoms with Gasteiger partial charge >= 0.3 is 0 Å². The third-order valence-corrected chi connectivity index (χ3v) is 3.23. The first-order chi connectivity index (χ1) is 10.7. The second kappa shape index (κ2) is 8.24. The smallest absolute Gasteiger partial charge is 0.223 e. The monoisotopic (exact) mass is 302 g/mol. The van der Waals surface area contributed by atoms with Gasteiger partial charge in [-0.1, -0.05) is 12.1 Å². The predicted octanol–water partition coefficient (Wildman–Crippen LogP) is 2.85. The minimum absolute atomic E-state index is 0.111. The van der Waals surface area contributed by atoms with Gasteiger partial charge in [-0.05, 0) is 42.3 Å². The van der Waals surface area contributed by atoms with Crippen LogP contribution in [0.15, 0.2) is 48.8 Å². The SMILES string of the molecule is CCOCCC(=O)N[C@@H](c1ccncc1)c1ccc(F)cc1. The summed E-state index contributed by atoms with van der Waals surface area (Å²) >= 11 is 0. The van der Waals surface area contributed by atoms with Crippen LogP contribution in [0.5, 0.6) is 0 Å². The zero-order valence-electron chi connectivity index (χ0n) is 12.5. The number of pyridine rings is 1. The van der Waals surface area contributed by atoms with Gasteiger partial charge in [0.25, 0.3) is 0 Å². The van der Waals surface area contributed by atoms with E-state index in [0.717, 1.165) is 11.1 Å². The van der Waals surface area contributed by atoms with Gasteiger partial charge in [0.2, 0.25) is 5.91 Å². The van der Waals surface area contributed by atoms with Crippen molar-refractivity contribution in [3.63, 3.8) is 0 Å². The van der Waals surface area contributed by atoms with Crippen LogP contribution < -0.4 is 5.32 Å². The minimum Gasteiger partial charge on any atom is -0.381 e. The number of halogens is 1. The van der Waals surface area contributed by atoms with Crippen molar-refractivity contribution in [3.05, 3.63) is 65.7 Å². The Morgan fingerprint density at radius 2 is 1.82 bits per heavy atom. The third kappa shape index (κ3) is 4.63. The molecule has 0 aliphatic carbocycles. The van der Waals surface area contributed by atoms with Crippen LogP contribution in [0.1, 0.15) is 30.5 Å². The van der Waals surface area contributed by atoms with E-state index in [-0.39, 0.29) is 24.2 Å². The molecule has 0 bridgehead atoms. The molecule has 2 rings (SSSR count). The van der Waals surface area contributed by atoms with Gasteiger partial charge in [0.1, 0.15) is 5.82 Å². The Labute approximate surface area is 129 Å². The van der Waals surface area contributed by atoms with Crippen LogP contribution in [-0.2, 0) is 9.53 Å². The average molecular weight is 302 g/mol. The van der Waals surface area contributed by atoms with Gasteiger partial charge in [-0.25, -0.2) is 4.39 Å². The van der Waals surface area contributed by atoms with Gasteiger partial charge in [0.05, 0.1) is 12.6 Å². The van der Waals surface area contributed by atoms with E-state index in [0.29, 0.717) is 13.2 Å². The Morgan fingerprint density at radius 1 is 1.18 bits per heavy atom. The lowest BCUT2D eigenvalue weighted by molar-refractivity contribution is -0.122. The van der Waals surface area contributed by atoms with E-state index >= 15 is 0 Å². The van der Waals surface area contributed by atoms with Crippen LogP contribution >= 0.6 is 0 Å². The summed E-state index contributed by atoms with van der Waals surface area (Å²) in [4.78, 5) is 16.0. The summed E-state index contributed by atoms with van der Waals surface area (Å²) in [6.07, 6.45) is 3.62. The highest BCUT2D eigenvalue weighted by atomic mass is 19.1. The molecule has 0 aliphatic heterocycles. The fourth-order valence-corrected chi connectivity index (χ4v) is 2.11. The number of nitrogens with one attached hydrogen (secondary N) is 1. The average Bonchev–Trinajstić information content (AvgIpc) is 2.55. The number of carbonyl (C=O) groups is 1. The number of aromatic nitrogens is 1. The first-order valence-electron chi connectivity index (χ1n) is 7.23. The molecule has 22 heavy (non-hydrogen) atoms. The first-order valence-corrected chi connectivity index (χ1v) is 7.23. The molecule has 1 atom stereocenters. The molecule has 0 saturated carbocycles. The zero-order chi connectivity index (χ0) is 15.8. The van der Waals surface area contributed by atoms with Gasteiger partial charge in [0.15, 0.2) is 0 Å². The number of ether oxygens (including phenoxy) is 1. The maximum absolute atomic E-state index is 13.1. The molecule has 2 aromatic rings. The van der Waals surface area contributed by atoms with Gasteiger partial charge in [0, 0.05) is 25.4 Å². The number of benzene rings is 1. The Balaban J connectivity index is 2.15. The van der Waals surface area contributed by atoms with Gasteiger partial charge in [-0.3, -0.25) is 9.78 Å². The van der Waals surface area contributed by atoms with E-state index < -0.39 is 0 Å². The molecule has 116 valence electrons. The largest absolute Gasteiger partial charge is 0.381 e. The second-order valence-electron chi connectivity index (χ2n) is 4.78. The van der Waals surface area contributed by atoms with E-state index in [9.17, 15) is 9.18 Å². The van der Waals surface area contributed by atoms with Gasteiger partial charge in [-0.2, -0.15) is 0 Å². The molecule has 0 radical (unpaired) electrons. The lowest BCUT2D eigenvalue weighted by Crippen LogP contribution is -2.30. The first kappa shape index (κ1) is 16.1. The maximum atomic E-state index is 13.1. The van der Waals surface area contributed by atoms with Gasteiger partial charge < -0.3 is 10.1 Å². The lowest BCUT2D eigenvalue weighted by Gasteiger charge is -2.19. The van der Waals surface area contributed by atoms with Crippen LogP contribution in [0.25, 0.3) is 0 Å².